The van der Waals surface area contributed by atoms with Gasteiger partial charge in [0.05, 0.1) is 30.0 Å². The molecule has 2 aromatic rings. The topological polar surface area (TPSA) is 87.5 Å². The maximum atomic E-state index is 13.0. The van der Waals surface area contributed by atoms with Crippen molar-refractivity contribution >= 4 is 23.4 Å². The third-order valence-electron chi connectivity index (χ3n) is 4.07. The lowest BCUT2D eigenvalue weighted by molar-refractivity contribution is -0.137. The zero-order chi connectivity index (χ0) is 21.6. The quantitative estimate of drug-likeness (QED) is 0.690. The number of amides is 2. The number of para-hydroxylation sites is 1. The van der Waals surface area contributed by atoms with Crippen LogP contribution in [0, 0.1) is 0 Å². The van der Waals surface area contributed by atoms with E-state index in [1.807, 2.05) is 13.8 Å². The number of rotatable bonds is 8. The standard InChI is InChI=1S/C19H23F3N4O3/c1-4-26(11-17(28)24-18-9-15(12(2)3)25-29-18)10-16(27)23-14-8-6-5-7-13(14)19(20,21)22/h5-9,12H,4,10-11H2,1-3H3,(H,23,27)(H,24,28). The molecular formula is C19H23F3N4O3. The van der Waals surface area contributed by atoms with Gasteiger partial charge in [0, 0.05) is 6.07 Å². The maximum absolute atomic E-state index is 13.0. The van der Waals surface area contributed by atoms with Crippen molar-refractivity contribution in [1.29, 1.82) is 0 Å². The molecule has 0 aliphatic heterocycles. The predicted octanol–water partition coefficient (Wildman–Crippen LogP) is 3.72. The van der Waals surface area contributed by atoms with Crippen molar-refractivity contribution in [3.63, 3.8) is 0 Å². The zero-order valence-corrected chi connectivity index (χ0v) is 16.3. The van der Waals surface area contributed by atoms with Gasteiger partial charge in [0.15, 0.2) is 0 Å². The highest BCUT2D eigenvalue weighted by Crippen LogP contribution is 2.34. The van der Waals surface area contributed by atoms with Crippen molar-refractivity contribution in [2.75, 3.05) is 30.3 Å². The average molecular weight is 412 g/mol. The van der Waals surface area contributed by atoms with Gasteiger partial charge in [-0.25, -0.2) is 0 Å². The Bertz CT molecular complexity index is 849. The molecule has 0 saturated heterocycles. The van der Waals surface area contributed by atoms with Gasteiger partial charge in [0.1, 0.15) is 0 Å². The first-order valence-corrected chi connectivity index (χ1v) is 9.05. The maximum Gasteiger partial charge on any atom is 0.418 e. The SMILES string of the molecule is CCN(CC(=O)Nc1cc(C(C)C)no1)CC(=O)Nc1ccccc1C(F)(F)F. The van der Waals surface area contributed by atoms with E-state index in [9.17, 15) is 22.8 Å². The van der Waals surface area contributed by atoms with Gasteiger partial charge in [-0.15, -0.1) is 0 Å². The molecule has 2 amide bonds. The van der Waals surface area contributed by atoms with Gasteiger partial charge in [-0.2, -0.15) is 13.2 Å². The molecule has 0 saturated carbocycles. The van der Waals surface area contributed by atoms with Gasteiger partial charge in [-0.05, 0) is 24.6 Å². The lowest BCUT2D eigenvalue weighted by Gasteiger charge is -2.20. The number of aromatic nitrogens is 1. The van der Waals surface area contributed by atoms with E-state index in [0.717, 1.165) is 6.07 Å². The molecule has 10 heteroatoms. The number of anilines is 2. The smallest absolute Gasteiger partial charge is 0.338 e. The minimum atomic E-state index is -4.58. The summed E-state index contributed by atoms with van der Waals surface area (Å²) in [6, 6.07) is 6.33. The van der Waals surface area contributed by atoms with Crippen molar-refractivity contribution in [1.82, 2.24) is 10.1 Å². The second-order valence-corrected chi connectivity index (χ2v) is 6.71. The molecule has 0 aliphatic rings. The van der Waals surface area contributed by atoms with Crippen LogP contribution in [0.1, 0.15) is 37.9 Å². The zero-order valence-electron chi connectivity index (χ0n) is 16.3. The molecule has 0 atom stereocenters. The second kappa shape index (κ2) is 9.55. The number of nitrogens with zero attached hydrogens (tertiary/aromatic N) is 2. The Labute approximate surface area is 166 Å². The molecule has 29 heavy (non-hydrogen) atoms. The lowest BCUT2D eigenvalue weighted by Crippen LogP contribution is -2.38. The first kappa shape index (κ1) is 22.4. The van der Waals surface area contributed by atoms with Crippen LogP contribution in [0.25, 0.3) is 0 Å². The third-order valence-corrected chi connectivity index (χ3v) is 4.07. The van der Waals surface area contributed by atoms with Crippen LogP contribution in [-0.4, -0.2) is 41.5 Å². The summed E-state index contributed by atoms with van der Waals surface area (Å²) in [5.41, 5.74) is -0.566. The number of benzene rings is 1. The van der Waals surface area contributed by atoms with Crippen LogP contribution >= 0.6 is 0 Å². The molecule has 1 heterocycles. The molecule has 0 fully saturated rings. The van der Waals surface area contributed by atoms with Crippen molar-refractivity contribution < 1.29 is 27.3 Å². The van der Waals surface area contributed by atoms with E-state index >= 15 is 0 Å². The van der Waals surface area contributed by atoms with Crippen molar-refractivity contribution in [3.05, 3.63) is 41.6 Å². The van der Waals surface area contributed by atoms with Gasteiger partial charge in [-0.3, -0.25) is 19.8 Å². The highest BCUT2D eigenvalue weighted by Gasteiger charge is 2.33. The summed E-state index contributed by atoms with van der Waals surface area (Å²) < 4.78 is 44.1. The highest BCUT2D eigenvalue weighted by atomic mass is 19.4. The Morgan fingerprint density at radius 2 is 1.76 bits per heavy atom. The van der Waals surface area contributed by atoms with E-state index in [4.69, 9.17) is 4.52 Å². The summed E-state index contributed by atoms with van der Waals surface area (Å²) in [7, 11) is 0. The fourth-order valence-electron chi connectivity index (χ4n) is 2.51. The fraction of sp³-hybridized carbons (Fsp3) is 0.421. The van der Waals surface area contributed by atoms with Gasteiger partial charge in [-0.1, -0.05) is 38.1 Å². The van der Waals surface area contributed by atoms with E-state index in [-0.39, 0.29) is 30.6 Å². The normalized spacial score (nSPS) is 11.7. The van der Waals surface area contributed by atoms with Crippen LogP contribution in [0.2, 0.25) is 0 Å². The summed E-state index contributed by atoms with van der Waals surface area (Å²) in [4.78, 5) is 25.9. The highest BCUT2D eigenvalue weighted by molar-refractivity contribution is 5.94. The molecule has 0 unspecified atom stereocenters. The third kappa shape index (κ3) is 6.60. The minimum absolute atomic E-state index is 0.136. The van der Waals surface area contributed by atoms with Crippen LogP contribution in [0.5, 0.6) is 0 Å². The number of carbonyl (C=O) groups excluding carboxylic acids is 2. The fourth-order valence-corrected chi connectivity index (χ4v) is 2.51. The summed E-state index contributed by atoms with van der Waals surface area (Å²) in [6.07, 6.45) is -4.58. The number of hydrogen-bond donors (Lipinski definition) is 2. The molecule has 0 spiro atoms. The molecule has 2 rings (SSSR count). The first-order valence-electron chi connectivity index (χ1n) is 9.05. The predicted molar refractivity (Wildman–Crippen MR) is 101 cm³/mol. The molecule has 7 nitrogen and oxygen atoms in total. The number of carbonyl (C=O) groups is 2. The Hall–Kier alpha value is -2.88. The molecule has 0 bridgehead atoms. The monoisotopic (exact) mass is 412 g/mol. The van der Waals surface area contributed by atoms with Crippen LogP contribution < -0.4 is 10.6 Å². The molecule has 0 radical (unpaired) electrons. The van der Waals surface area contributed by atoms with E-state index in [0.29, 0.717) is 12.2 Å². The van der Waals surface area contributed by atoms with Crippen molar-refractivity contribution in [2.24, 2.45) is 0 Å². The van der Waals surface area contributed by atoms with E-state index in [1.165, 1.54) is 23.1 Å². The van der Waals surface area contributed by atoms with Gasteiger partial charge in [0.25, 0.3) is 0 Å². The molecular weight excluding hydrogens is 389 g/mol. The summed E-state index contributed by atoms with van der Waals surface area (Å²) in [5.74, 6) is -0.752. The Kier molecular flexibility index (Phi) is 7.38. The number of nitrogens with one attached hydrogen (secondary N) is 2. The van der Waals surface area contributed by atoms with Gasteiger partial charge in [0.2, 0.25) is 17.7 Å². The van der Waals surface area contributed by atoms with Crippen molar-refractivity contribution in [2.45, 2.75) is 32.9 Å². The molecule has 0 aliphatic carbocycles. The molecule has 2 N–H and O–H groups in total. The Morgan fingerprint density at radius 3 is 2.31 bits per heavy atom. The van der Waals surface area contributed by atoms with E-state index < -0.39 is 23.6 Å². The van der Waals surface area contributed by atoms with Gasteiger partial charge >= 0.3 is 6.18 Å². The Balaban J connectivity index is 1.94. The van der Waals surface area contributed by atoms with Crippen LogP contribution in [0.15, 0.2) is 34.9 Å². The summed E-state index contributed by atoms with van der Waals surface area (Å²) in [5, 5.41) is 8.64. The molecule has 1 aromatic heterocycles. The lowest BCUT2D eigenvalue weighted by atomic mass is 10.1. The second-order valence-electron chi connectivity index (χ2n) is 6.71. The van der Waals surface area contributed by atoms with Crippen LogP contribution in [0.3, 0.4) is 0 Å². The number of likely N-dealkylation sites (N-methyl/N-ethyl adjacent to an activating group) is 1. The van der Waals surface area contributed by atoms with Crippen LogP contribution in [-0.2, 0) is 15.8 Å². The summed E-state index contributed by atoms with van der Waals surface area (Å²) >= 11 is 0. The number of halogens is 3. The largest absolute Gasteiger partial charge is 0.418 e. The van der Waals surface area contributed by atoms with Crippen molar-refractivity contribution in [3.8, 4) is 0 Å². The van der Waals surface area contributed by atoms with E-state index in [1.54, 1.807) is 13.0 Å². The summed E-state index contributed by atoms with van der Waals surface area (Å²) in [6.45, 7) is 5.55. The molecule has 1 aromatic carbocycles. The first-order chi connectivity index (χ1) is 13.6. The van der Waals surface area contributed by atoms with Gasteiger partial charge < -0.3 is 9.84 Å². The van der Waals surface area contributed by atoms with E-state index in [2.05, 4.69) is 15.8 Å². The number of alkyl halides is 3. The number of hydrogen-bond acceptors (Lipinski definition) is 5. The minimum Gasteiger partial charge on any atom is -0.338 e. The Morgan fingerprint density at radius 1 is 1.14 bits per heavy atom. The average Bonchev–Trinajstić information content (AvgIpc) is 3.09. The molecule has 158 valence electrons. The van der Waals surface area contributed by atoms with Crippen LogP contribution in [0.4, 0.5) is 24.7 Å².